The average molecular weight is 403 g/mol. The molecule has 0 spiro atoms. The van der Waals surface area contributed by atoms with Crippen LogP contribution in [-0.2, 0) is 14.3 Å². The van der Waals surface area contributed by atoms with Crippen LogP contribution in [0.15, 0.2) is 65.6 Å². The lowest BCUT2D eigenvalue weighted by Gasteiger charge is -2.26. The van der Waals surface area contributed by atoms with Gasteiger partial charge in [-0.05, 0) is 44.7 Å². The van der Waals surface area contributed by atoms with Gasteiger partial charge in [-0.2, -0.15) is 8.42 Å². The van der Waals surface area contributed by atoms with E-state index in [4.69, 9.17) is 4.18 Å². The molecule has 0 atom stereocenters. The molecule has 0 unspecified atom stereocenters. The zero-order valence-corrected chi connectivity index (χ0v) is 18.1. The predicted octanol–water partition coefficient (Wildman–Crippen LogP) is 6.51. The van der Waals surface area contributed by atoms with Gasteiger partial charge in [-0.25, -0.2) is 0 Å². The fourth-order valence-corrected chi connectivity index (χ4v) is 4.36. The number of aryl methyl sites for hydroxylation is 1. The van der Waals surface area contributed by atoms with E-state index in [-0.39, 0.29) is 16.9 Å². The number of unbranched alkanes of at least 4 members (excludes halogenated alkanes) is 4. The monoisotopic (exact) mass is 402 g/mol. The molecule has 1 aliphatic rings. The van der Waals surface area contributed by atoms with Crippen LogP contribution in [0.2, 0.25) is 0 Å². The minimum atomic E-state index is -3.63. The highest BCUT2D eigenvalue weighted by Crippen LogP contribution is 2.33. The number of hydrogen-bond donors (Lipinski definition) is 0. The van der Waals surface area contributed by atoms with Crippen molar-refractivity contribution in [2.45, 2.75) is 70.1 Å². The van der Waals surface area contributed by atoms with Gasteiger partial charge in [0.25, 0.3) is 10.1 Å². The van der Waals surface area contributed by atoms with Gasteiger partial charge in [0.2, 0.25) is 0 Å². The second-order valence-corrected chi connectivity index (χ2v) is 9.19. The van der Waals surface area contributed by atoms with Crippen molar-refractivity contribution in [2.75, 3.05) is 6.61 Å². The second kappa shape index (κ2) is 11.4. The van der Waals surface area contributed by atoms with Crippen molar-refractivity contribution in [3.8, 4) is 0 Å². The molecular formula is C24H34O3S. The molecule has 2 rings (SSSR count). The Morgan fingerprint density at radius 3 is 2.32 bits per heavy atom. The smallest absolute Gasteiger partial charge is 0.266 e. The molecule has 0 aliphatic heterocycles. The van der Waals surface area contributed by atoms with Gasteiger partial charge in [0, 0.05) is 5.41 Å². The average Bonchev–Trinajstić information content (AvgIpc) is 2.69. The number of hydrogen-bond acceptors (Lipinski definition) is 3. The Labute approximate surface area is 171 Å². The Bertz CT molecular complexity index is 759. The third-order valence-corrected chi connectivity index (χ3v) is 6.42. The first kappa shape index (κ1) is 22.6. The lowest BCUT2D eigenvalue weighted by molar-refractivity contribution is 0.306. The molecule has 0 amide bonds. The third-order valence-electron chi connectivity index (χ3n) is 5.09. The van der Waals surface area contributed by atoms with Gasteiger partial charge in [0.05, 0.1) is 11.5 Å². The predicted molar refractivity (Wildman–Crippen MR) is 117 cm³/mol. The first-order valence-electron chi connectivity index (χ1n) is 10.5. The van der Waals surface area contributed by atoms with Crippen molar-refractivity contribution in [1.29, 1.82) is 0 Å². The van der Waals surface area contributed by atoms with E-state index in [1.54, 1.807) is 24.3 Å². The molecule has 28 heavy (non-hydrogen) atoms. The van der Waals surface area contributed by atoms with Crippen molar-refractivity contribution in [3.05, 3.63) is 66.3 Å². The van der Waals surface area contributed by atoms with E-state index in [9.17, 15) is 8.42 Å². The lowest BCUT2D eigenvalue weighted by Crippen LogP contribution is -2.13. The van der Waals surface area contributed by atoms with Crippen molar-refractivity contribution >= 4 is 10.1 Å². The number of allylic oxidation sites excluding steroid dienone is 6. The Kier molecular flexibility index (Phi) is 9.20. The summed E-state index contributed by atoms with van der Waals surface area (Å²) in [7, 11) is -3.63. The summed E-state index contributed by atoms with van der Waals surface area (Å²) in [6.07, 6.45) is 22.2. The topological polar surface area (TPSA) is 43.4 Å². The van der Waals surface area contributed by atoms with Crippen LogP contribution in [0, 0.1) is 12.3 Å². The SMILES string of the molecule is CC/C=C\C1(CCCCCCCOS(=O)(=O)c2ccc(C)cc2)C=CCC=C1. The van der Waals surface area contributed by atoms with Crippen molar-refractivity contribution in [3.63, 3.8) is 0 Å². The number of benzene rings is 1. The molecule has 0 saturated heterocycles. The molecule has 3 nitrogen and oxygen atoms in total. The van der Waals surface area contributed by atoms with Crippen LogP contribution in [0.5, 0.6) is 0 Å². The summed E-state index contributed by atoms with van der Waals surface area (Å²) < 4.78 is 29.4. The summed E-state index contributed by atoms with van der Waals surface area (Å²) in [4.78, 5) is 0.233. The third kappa shape index (κ3) is 7.40. The first-order valence-corrected chi connectivity index (χ1v) is 11.9. The number of rotatable bonds is 12. The fraction of sp³-hybridized carbons (Fsp3) is 0.500. The molecular weight excluding hydrogens is 368 g/mol. The van der Waals surface area contributed by atoms with Crippen LogP contribution in [0.25, 0.3) is 0 Å². The van der Waals surface area contributed by atoms with Crippen molar-refractivity contribution < 1.29 is 12.6 Å². The van der Waals surface area contributed by atoms with Gasteiger partial charge in [-0.1, -0.05) is 86.8 Å². The van der Waals surface area contributed by atoms with Gasteiger partial charge in [0.15, 0.2) is 0 Å². The standard InChI is InChI=1S/C24H34O3S/c1-3-4-17-24(19-10-8-11-20-24)18-9-6-5-7-12-21-27-28(25,26)23-15-13-22(2)14-16-23/h4,10-11,13-17,19-20H,3,5-9,12,18,21H2,1-2H3/b17-4-. The molecule has 1 aliphatic carbocycles. The van der Waals surface area contributed by atoms with Crippen LogP contribution in [0.1, 0.15) is 63.9 Å². The Morgan fingerprint density at radius 1 is 1.00 bits per heavy atom. The maximum atomic E-state index is 12.1. The summed E-state index contributed by atoms with van der Waals surface area (Å²) in [5.74, 6) is 0. The zero-order chi connectivity index (χ0) is 20.3. The molecule has 0 fully saturated rings. The van der Waals surface area contributed by atoms with E-state index in [1.165, 1.54) is 6.42 Å². The van der Waals surface area contributed by atoms with Crippen LogP contribution in [0.3, 0.4) is 0 Å². The Hall–Kier alpha value is -1.65. The molecule has 0 aromatic heterocycles. The van der Waals surface area contributed by atoms with E-state index < -0.39 is 10.1 Å². The van der Waals surface area contributed by atoms with Gasteiger partial charge in [0.1, 0.15) is 0 Å². The molecule has 4 heteroatoms. The second-order valence-electron chi connectivity index (χ2n) is 7.57. The largest absolute Gasteiger partial charge is 0.296 e. The molecule has 1 aromatic rings. The van der Waals surface area contributed by atoms with Crippen LogP contribution in [0.4, 0.5) is 0 Å². The van der Waals surface area contributed by atoms with Crippen LogP contribution < -0.4 is 0 Å². The quantitative estimate of drug-likeness (QED) is 0.227. The van der Waals surface area contributed by atoms with Crippen LogP contribution in [-0.4, -0.2) is 15.0 Å². The van der Waals surface area contributed by atoms with E-state index in [2.05, 4.69) is 43.4 Å². The zero-order valence-electron chi connectivity index (χ0n) is 17.3. The Balaban J connectivity index is 1.63. The highest BCUT2D eigenvalue weighted by atomic mass is 32.2. The summed E-state index contributed by atoms with van der Waals surface area (Å²) in [6, 6.07) is 6.77. The van der Waals surface area contributed by atoms with Gasteiger partial charge < -0.3 is 0 Å². The fourth-order valence-electron chi connectivity index (χ4n) is 3.41. The normalized spacial score (nSPS) is 16.1. The van der Waals surface area contributed by atoms with E-state index in [1.807, 2.05) is 6.92 Å². The molecule has 0 bridgehead atoms. The van der Waals surface area contributed by atoms with Gasteiger partial charge in [-0.15, -0.1) is 0 Å². The first-order chi connectivity index (χ1) is 13.5. The molecule has 1 aromatic carbocycles. The molecule has 0 saturated carbocycles. The van der Waals surface area contributed by atoms with Crippen LogP contribution >= 0.6 is 0 Å². The molecule has 0 N–H and O–H groups in total. The summed E-state index contributed by atoms with van der Waals surface area (Å²) in [5, 5.41) is 0. The van der Waals surface area contributed by atoms with Crippen molar-refractivity contribution in [1.82, 2.24) is 0 Å². The maximum absolute atomic E-state index is 12.1. The maximum Gasteiger partial charge on any atom is 0.296 e. The van der Waals surface area contributed by atoms with E-state index in [0.717, 1.165) is 50.5 Å². The summed E-state index contributed by atoms with van der Waals surface area (Å²) in [5.41, 5.74) is 1.13. The van der Waals surface area contributed by atoms with Gasteiger partial charge >= 0.3 is 0 Å². The lowest BCUT2D eigenvalue weighted by atomic mass is 9.79. The highest BCUT2D eigenvalue weighted by Gasteiger charge is 2.21. The molecule has 154 valence electrons. The summed E-state index contributed by atoms with van der Waals surface area (Å²) >= 11 is 0. The van der Waals surface area contributed by atoms with Gasteiger partial charge in [-0.3, -0.25) is 4.18 Å². The molecule has 0 radical (unpaired) electrons. The Morgan fingerprint density at radius 2 is 1.64 bits per heavy atom. The van der Waals surface area contributed by atoms with Crippen molar-refractivity contribution in [2.24, 2.45) is 5.41 Å². The minimum absolute atomic E-state index is 0.0967. The molecule has 0 heterocycles. The van der Waals surface area contributed by atoms with E-state index in [0.29, 0.717) is 0 Å². The van der Waals surface area contributed by atoms with E-state index >= 15 is 0 Å². The minimum Gasteiger partial charge on any atom is -0.266 e. The highest BCUT2D eigenvalue weighted by molar-refractivity contribution is 7.86. The summed E-state index contributed by atoms with van der Waals surface area (Å²) in [6.45, 7) is 4.35.